The Hall–Kier alpha value is -2.45. The summed E-state index contributed by atoms with van der Waals surface area (Å²) in [6.07, 6.45) is 1.76. The maximum absolute atomic E-state index is 11.2. The van der Waals surface area contributed by atoms with E-state index in [2.05, 4.69) is 10.2 Å². The summed E-state index contributed by atoms with van der Waals surface area (Å²) in [4.78, 5) is 11.2. The van der Waals surface area contributed by atoms with E-state index in [9.17, 15) is 4.79 Å². The topological polar surface area (TPSA) is 96.2 Å². The van der Waals surface area contributed by atoms with Crippen molar-refractivity contribution in [3.8, 4) is 17.3 Å². The van der Waals surface area contributed by atoms with Gasteiger partial charge in [-0.1, -0.05) is 23.4 Å². The SMILES string of the molecule is NC(=O)CCn1c(SCCOc2ccc(Cl)cc2)nnc1-c1ccco1. The molecular weight excluding hydrogens is 376 g/mol. The van der Waals surface area contributed by atoms with Gasteiger partial charge in [-0.05, 0) is 36.4 Å². The first-order chi connectivity index (χ1) is 12.6. The molecule has 1 aromatic carbocycles. The average molecular weight is 393 g/mol. The van der Waals surface area contributed by atoms with Crippen molar-refractivity contribution >= 4 is 29.3 Å². The minimum atomic E-state index is -0.383. The van der Waals surface area contributed by atoms with Gasteiger partial charge in [0, 0.05) is 23.7 Å². The summed E-state index contributed by atoms with van der Waals surface area (Å²) in [7, 11) is 0. The lowest BCUT2D eigenvalue weighted by Crippen LogP contribution is -2.15. The van der Waals surface area contributed by atoms with E-state index in [-0.39, 0.29) is 12.3 Å². The van der Waals surface area contributed by atoms with Crippen molar-refractivity contribution in [2.75, 3.05) is 12.4 Å². The zero-order chi connectivity index (χ0) is 18.4. The molecule has 0 bridgehead atoms. The third-order valence-electron chi connectivity index (χ3n) is 3.44. The second kappa shape index (κ2) is 8.77. The second-order valence-corrected chi connectivity index (χ2v) is 6.80. The number of nitrogens with two attached hydrogens (primary N) is 1. The zero-order valence-electron chi connectivity index (χ0n) is 13.8. The maximum atomic E-state index is 11.2. The maximum Gasteiger partial charge on any atom is 0.219 e. The van der Waals surface area contributed by atoms with Crippen molar-refractivity contribution in [3.63, 3.8) is 0 Å². The third kappa shape index (κ3) is 4.80. The molecule has 0 spiro atoms. The Bertz CT molecular complexity index is 850. The van der Waals surface area contributed by atoms with Gasteiger partial charge >= 0.3 is 0 Å². The molecule has 3 aromatic rings. The first kappa shape index (κ1) is 18.3. The van der Waals surface area contributed by atoms with Crippen LogP contribution in [0.15, 0.2) is 52.2 Å². The number of nitrogens with zero attached hydrogens (tertiary/aromatic N) is 3. The number of benzene rings is 1. The van der Waals surface area contributed by atoms with Gasteiger partial charge < -0.3 is 14.9 Å². The highest BCUT2D eigenvalue weighted by Gasteiger charge is 2.16. The smallest absolute Gasteiger partial charge is 0.219 e. The number of hydrogen-bond donors (Lipinski definition) is 1. The molecule has 1 amide bonds. The van der Waals surface area contributed by atoms with E-state index in [1.807, 2.05) is 16.7 Å². The number of rotatable bonds is 9. The van der Waals surface area contributed by atoms with Crippen LogP contribution < -0.4 is 10.5 Å². The van der Waals surface area contributed by atoms with Gasteiger partial charge in [0.2, 0.25) is 5.91 Å². The van der Waals surface area contributed by atoms with E-state index >= 15 is 0 Å². The van der Waals surface area contributed by atoms with Crippen LogP contribution in [0.25, 0.3) is 11.6 Å². The molecule has 26 heavy (non-hydrogen) atoms. The molecule has 2 N–H and O–H groups in total. The van der Waals surface area contributed by atoms with Crippen molar-refractivity contribution < 1.29 is 13.9 Å². The molecule has 0 aliphatic heterocycles. The van der Waals surface area contributed by atoms with Crippen molar-refractivity contribution in [1.29, 1.82) is 0 Å². The van der Waals surface area contributed by atoms with Gasteiger partial charge in [-0.3, -0.25) is 9.36 Å². The lowest BCUT2D eigenvalue weighted by Gasteiger charge is -2.09. The molecule has 0 aliphatic rings. The summed E-state index contributed by atoms with van der Waals surface area (Å²) in [6.45, 7) is 0.879. The molecule has 0 atom stereocenters. The van der Waals surface area contributed by atoms with Crippen LogP contribution in [0, 0.1) is 0 Å². The van der Waals surface area contributed by atoms with Crippen molar-refractivity contribution in [2.24, 2.45) is 5.73 Å². The molecule has 7 nitrogen and oxygen atoms in total. The quantitative estimate of drug-likeness (QED) is 0.443. The third-order valence-corrected chi connectivity index (χ3v) is 4.62. The number of aromatic nitrogens is 3. The predicted molar refractivity (Wildman–Crippen MR) is 99.2 cm³/mol. The van der Waals surface area contributed by atoms with Gasteiger partial charge in [0.25, 0.3) is 0 Å². The number of furan rings is 1. The highest BCUT2D eigenvalue weighted by atomic mass is 35.5. The summed E-state index contributed by atoms with van der Waals surface area (Å²) >= 11 is 7.33. The predicted octanol–water partition coefficient (Wildman–Crippen LogP) is 3.24. The summed E-state index contributed by atoms with van der Waals surface area (Å²) in [5.41, 5.74) is 5.27. The minimum Gasteiger partial charge on any atom is -0.493 e. The Balaban J connectivity index is 1.63. The van der Waals surface area contributed by atoms with E-state index < -0.39 is 0 Å². The average Bonchev–Trinajstić information content (AvgIpc) is 3.28. The van der Waals surface area contributed by atoms with Crippen molar-refractivity contribution in [3.05, 3.63) is 47.7 Å². The molecule has 0 saturated carbocycles. The fraction of sp³-hybridized carbons (Fsp3) is 0.235. The van der Waals surface area contributed by atoms with Gasteiger partial charge in [-0.2, -0.15) is 0 Å². The highest BCUT2D eigenvalue weighted by Crippen LogP contribution is 2.25. The molecular formula is C17H17ClN4O3S. The van der Waals surface area contributed by atoms with E-state index in [4.69, 9.17) is 26.5 Å². The monoisotopic (exact) mass is 392 g/mol. The number of primary amides is 1. The first-order valence-corrected chi connectivity index (χ1v) is 9.26. The Morgan fingerprint density at radius 2 is 2.08 bits per heavy atom. The van der Waals surface area contributed by atoms with Crippen LogP contribution in [0.3, 0.4) is 0 Å². The molecule has 0 unspecified atom stereocenters. The molecule has 0 fully saturated rings. The molecule has 9 heteroatoms. The minimum absolute atomic E-state index is 0.195. The Labute approximate surface area is 159 Å². The number of carbonyl (C=O) groups excluding carboxylic acids is 1. The standard InChI is InChI=1S/C17H17ClN4O3S/c18-12-3-5-13(6-4-12)24-10-11-26-17-21-20-16(14-2-1-9-25-14)22(17)8-7-15(19)23/h1-6,9H,7-8,10-11H2,(H2,19,23). The molecule has 0 aliphatic carbocycles. The van der Waals surface area contributed by atoms with Crippen molar-refractivity contribution in [1.82, 2.24) is 14.8 Å². The van der Waals surface area contributed by atoms with Gasteiger partial charge in [-0.15, -0.1) is 10.2 Å². The highest BCUT2D eigenvalue weighted by molar-refractivity contribution is 7.99. The van der Waals surface area contributed by atoms with Crippen molar-refractivity contribution in [2.45, 2.75) is 18.1 Å². The van der Waals surface area contributed by atoms with Crippen LogP contribution in [0.5, 0.6) is 5.75 Å². The zero-order valence-corrected chi connectivity index (χ0v) is 15.4. The number of amides is 1. The number of hydrogen-bond acceptors (Lipinski definition) is 6. The van der Waals surface area contributed by atoms with Gasteiger partial charge in [0.1, 0.15) is 5.75 Å². The Morgan fingerprint density at radius 1 is 1.27 bits per heavy atom. The second-order valence-electron chi connectivity index (χ2n) is 5.30. The lowest BCUT2D eigenvalue weighted by molar-refractivity contribution is -0.118. The van der Waals surface area contributed by atoms with Gasteiger partial charge in [0.05, 0.1) is 12.9 Å². The number of halogens is 1. The van der Waals surface area contributed by atoms with E-state index in [1.165, 1.54) is 11.8 Å². The van der Waals surface area contributed by atoms with Crippen LogP contribution in [0.2, 0.25) is 5.02 Å². The largest absolute Gasteiger partial charge is 0.493 e. The lowest BCUT2D eigenvalue weighted by atomic mass is 10.3. The molecule has 136 valence electrons. The number of ether oxygens (including phenoxy) is 1. The van der Waals surface area contributed by atoms with E-state index in [0.29, 0.717) is 40.7 Å². The van der Waals surface area contributed by atoms with Crippen LogP contribution in [0.1, 0.15) is 6.42 Å². The molecule has 2 heterocycles. The Morgan fingerprint density at radius 3 is 2.77 bits per heavy atom. The summed E-state index contributed by atoms with van der Waals surface area (Å²) < 4.78 is 12.9. The summed E-state index contributed by atoms with van der Waals surface area (Å²) in [6, 6.07) is 10.8. The van der Waals surface area contributed by atoms with Crippen LogP contribution >= 0.6 is 23.4 Å². The fourth-order valence-electron chi connectivity index (χ4n) is 2.23. The fourth-order valence-corrected chi connectivity index (χ4v) is 3.14. The van der Waals surface area contributed by atoms with Crippen LogP contribution in [-0.4, -0.2) is 33.0 Å². The molecule has 3 rings (SSSR count). The normalized spacial score (nSPS) is 10.8. The van der Waals surface area contributed by atoms with Crippen LogP contribution in [0.4, 0.5) is 0 Å². The Kier molecular flexibility index (Phi) is 6.19. The molecule has 0 saturated heterocycles. The molecule has 0 radical (unpaired) electrons. The number of carbonyl (C=O) groups is 1. The van der Waals surface area contributed by atoms with Crippen LogP contribution in [-0.2, 0) is 11.3 Å². The van der Waals surface area contributed by atoms with Gasteiger partial charge in [-0.25, -0.2) is 0 Å². The first-order valence-electron chi connectivity index (χ1n) is 7.90. The van der Waals surface area contributed by atoms with E-state index in [0.717, 1.165) is 5.75 Å². The summed E-state index contributed by atoms with van der Waals surface area (Å²) in [5.74, 6) is 2.19. The summed E-state index contributed by atoms with van der Waals surface area (Å²) in [5, 5.41) is 9.72. The molecule has 2 aromatic heterocycles. The van der Waals surface area contributed by atoms with Gasteiger partial charge in [0.15, 0.2) is 16.7 Å². The number of thioether (sulfide) groups is 1. The van der Waals surface area contributed by atoms with E-state index in [1.54, 1.807) is 30.5 Å².